The number of urea groups is 1. The molecule has 1 aromatic carbocycles. The zero-order valence-corrected chi connectivity index (χ0v) is 13.8. The van der Waals surface area contributed by atoms with E-state index < -0.39 is 0 Å². The Labute approximate surface area is 137 Å². The largest absolute Gasteiger partial charge is 0.375 e. The maximum Gasteiger partial charge on any atom is 0.321 e. The molecule has 0 aromatic heterocycles. The monoisotopic (exact) mass is 319 g/mol. The van der Waals surface area contributed by atoms with Crippen LogP contribution in [0.5, 0.6) is 0 Å². The van der Waals surface area contributed by atoms with Gasteiger partial charge >= 0.3 is 6.03 Å². The molecular formula is C17H25N3O3. The molecule has 0 bridgehead atoms. The second kappa shape index (κ2) is 8.53. The molecule has 1 aliphatic carbocycles. The van der Waals surface area contributed by atoms with Crippen molar-refractivity contribution in [2.24, 2.45) is 5.92 Å². The predicted molar refractivity (Wildman–Crippen MR) is 90.6 cm³/mol. The number of anilines is 2. The fourth-order valence-corrected chi connectivity index (χ4v) is 2.88. The molecule has 0 unspecified atom stereocenters. The number of benzene rings is 1. The van der Waals surface area contributed by atoms with E-state index in [9.17, 15) is 9.59 Å². The molecule has 0 heterocycles. The van der Waals surface area contributed by atoms with Crippen LogP contribution in [-0.4, -0.2) is 44.1 Å². The van der Waals surface area contributed by atoms with Crippen LogP contribution in [0.25, 0.3) is 0 Å². The van der Waals surface area contributed by atoms with Crippen LogP contribution >= 0.6 is 0 Å². The lowest BCUT2D eigenvalue weighted by atomic mass is 10.1. The zero-order valence-electron chi connectivity index (χ0n) is 13.8. The van der Waals surface area contributed by atoms with Crippen molar-refractivity contribution < 1.29 is 14.3 Å². The van der Waals surface area contributed by atoms with Crippen molar-refractivity contribution in [3.05, 3.63) is 24.3 Å². The Bertz CT molecular complexity index is 542. The maximum absolute atomic E-state index is 12.2. The number of carbonyl (C=O) groups is 2. The van der Waals surface area contributed by atoms with Gasteiger partial charge in [0.2, 0.25) is 5.91 Å². The van der Waals surface area contributed by atoms with Crippen LogP contribution < -0.4 is 10.6 Å². The SMILES string of the molecule is COCC(=O)Nc1cccc(NC(=O)N(C)CC2CCCC2)c1. The number of carbonyl (C=O) groups excluding carboxylic acids is 2. The molecule has 0 atom stereocenters. The van der Waals surface area contributed by atoms with Crippen LogP contribution in [0.3, 0.4) is 0 Å². The second-order valence-electron chi connectivity index (χ2n) is 6.02. The van der Waals surface area contributed by atoms with Gasteiger partial charge in [0, 0.05) is 32.1 Å². The Kier molecular flexibility index (Phi) is 6.40. The number of amides is 3. The van der Waals surface area contributed by atoms with E-state index in [4.69, 9.17) is 4.74 Å². The smallest absolute Gasteiger partial charge is 0.321 e. The molecular weight excluding hydrogens is 294 g/mol. The van der Waals surface area contributed by atoms with Crippen molar-refractivity contribution in [1.29, 1.82) is 0 Å². The molecule has 6 heteroatoms. The Balaban J connectivity index is 1.88. The number of rotatable bonds is 6. The van der Waals surface area contributed by atoms with Gasteiger partial charge in [0.05, 0.1) is 0 Å². The summed E-state index contributed by atoms with van der Waals surface area (Å²) in [6.45, 7) is 0.789. The summed E-state index contributed by atoms with van der Waals surface area (Å²) in [5, 5.41) is 5.58. The summed E-state index contributed by atoms with van der Waals surface area (Å²) in [5.74, 6) is 0.389. The highest BCUT2D eigenvalue weighted by Gasteiger charge is 2.19. The van der Waals surface area contributed by atoms with E-state index >= 15 is 0 Å². The van der Waals surface area contributed by atoms with Gasteiger partial charge in [-0.3, -0.25) is 4.79 Å². The molecule has 0 spiro atoms. The van der Waals surface area contributed by atoms with Gasteiger partial charge in [0.25, 0.3) is 0 Å². The van der Waals surface area contributed by atoms with Crippen molar-refractivity contribution >= 4 is 23.3 Å². The summed E-state index contributed by atoms with van der Waals surface area (Å²) in [7, 11) is 3.29. The lowest BCUT2D eigenvalue weighted by Gasteiger charge is -2.21. The average molecular weight is 319 g/mol. The molecule has 126 valence electrons. The van der Waals surface area contributed by atoms with Gasteiger partial charge in [-0.05, 0) is 37.0 Å². The minimum Gasteiger partial charge on any atom is -0.375 e. The number of hydrogen-bond donors (Lipinski definition) is 2. The van der Waals surface area contributed by atoms with Gasteiger partial charge in [-0.15, -0.1) is 0 Å². The molecule has 1 aliphatic rings. The third-order valence-electron chi connectivity index (χ3n) is 4.03. The first-order chi connectivity index (χ1) is 11.1. The summed E-state index contributed by atoms with van der Waals surface area (Å²) < 4.78 is 4.78. The van der Waals surface area contributed by atoms with E-state index in [-0.39, 0.29) is 18.5 Å². The van der Waals surface area contributed by atoms with E-state index in [1.54, 1.807) is 29.2 Å². The van der Waals surface area contributed by atoms with Crippen LogP contribution in [0.4, 0.5) is 16.2 Å². The quantitative estimate of drug-likeness (QED) is 0.847. The minimum absolute atomic E-state index is 0.000707. The van der Waals surface area contributed by atoms with E-state index in [0.717, 1.165) is 6.54 Å². The minimum atomic E-state index is -0.227. The first kappa shape index (κ1) is 17.3. The summed E-state index contributed by atoms with van der Waals surface area (Å²) >= 11 is 0. The summed E-state index contributed by atoms with van der Waals surface area (Å²) in [5.41, 5.74) is 1.28. The fourth-order valence-electron chi connectivity index (χ4n) is 2.88. The highest BCUT2D eigenvalue weighted by atomic mass is 16.5. The highest BCUT2D eigenvalue weighted by molar-refractivity contribution is 5.94. The first-order valence-electron chi connectivity index (χ1n) is 7.99. The maximum atomic E-state index is 12.2. The Morgan fingerprint density at radius 1 is 1.22 bits per heavy atom. The van der Waals surface area contributed by atoms with Crippen molar-refractivity contribution in [3.63, 3.8) is 0 Å². The molecule has 1 fully saturated rings. The third-order valence-corrected chi connectivity index (χ3v) is 4.03. The first-order valence-corrected chi connectivity index (χ1v) is 7.99. The average Bonchev–Trinajstić information content (AvgIpc) is 3.00. The summed E-state index contributed by atoms with van der Waals surface area (Å²) in [6, 6.07) is 6.96. The Morgan fingerprint density at radius 2 is 1.87 bits per heavy atom. The lowest BCUT2D eigenvalue weighted by molar-refractivity contribution is -0.119. The Morgan fingerprint density at radius 3 is 2.52 bits per heavy atom. The zero-order chi connectivity index (χ0) is 16.7. The molecule has 0 saturated heterocycles. The normalized spacial score (nSPS) is 14.5. The van der Waals surface area contributed by atoms with Gasteiger partial charge in [0.15, 0.2) is 0 Å². The van der Waals surface area contributed by atoms with Gasteiger partial charge in [-0.1, -0.05) is 18.9 Å². The van der Waals surface area contributed by atoms with Gasteiger partial charge in [-0.25, -0.2) is 4.79 Å². The highest BCUT2D eigenvalue weighted by Crippen LogP contribution is 2.25. The molecule has 2 N–H and O–H groups in total. The van der Waals surface area contributed by atoms with E-state index in [2.05, 4.69) is 10.6 Å². The van der Waals surface area contributed by atoms with E-state index in [1.807, 2.05) is 7.05 Å². The molecule has 0 radical (unpaired) electrons. The van der Waals surface area contributed by atoms with E-state index in [0.29, 0.717) is 17.3 Å². The Hall–Kier alpha value is -2.08. The number of hydrogen-bond acceptors (Lipinski definition) is 3. The molecule has 1 aromatic rings. The van der Waals surface area contributed by atoms with Crippen LogP contribution in [-0.2, 0) is 9.53 Å². The topological polar surface area (TPSA) is 70.7 Å². The predicted octanol–water partition coefficient (Wildman–Crippen LogP) is 2.93. The molecule has 0 aliphatic heterocycles. The number of nitrogens with one attached hydrogen (secondary N) is 2. The molecule has 1 saturated carbocycles. The van der Waals surface area contributed by atoms with Crippen molar-refractivity contribution in [3.8, 4) is 0 Å². The van der Waals surface area contributed by atoms with Gasteiger partial charge < -0.3 is 20.3 Å². The van der Waals surface area contributed by atoms with Crippen molar-refractivity contribution in [2.45, 2.75) is 25.7 Å². The molecule has 3 amide bonds. The number of methoxy groups -OCH3 is 1. The summed E-state index contributed by atoms with van der Waals surface area (Å²) in [6.07, 6.45) is 4.95. The molecule has 2 rings (SSSR count). The van der Waals surface area contributed by atoms with E-state index in [1.165, 1.54) is 32.8 Å². The lowest BCUT2D eigenvalue weighted by Crippen LogP contribution is -2.34. The van der Waals surface area contributed by atoms with Crippen LogP contribution in [0.1, 0.15) is 25.7 Å². The fraction of sp³-hybridized carbons (Fsp3) is 0.529. The number of nitrogens with zero attached hydrogens (tertiary/aromatic N) is 1. The molecule has 23 heavy (non-hydrogen) atoms. The van der Waals surface area contributed by atoms with Gasteiger partial charge in [0.1, 0.15) is 6.61 Å². The standard InChI is InChI=1S/C17H25N3O3/c1-20(11-13-6-3-4-7-13)17(22)19-15-9-5-8-14(10-15)18-16(21)12-23-2/h5,8-10,13H,3-4,6-7,11-12H2,1-2H3,(H,18,21)(H,19,22). The molecule has 6 nitrogen and oxygen atoms in total. The van der Waals surface area contributed by atoms with Crippen molar-refractivity contribution in [2.75, 3.05) is 37.9 Å². The summed E-state index contributed by atoms with van der Waals surface area (Å²) in [4.78, 5) is 25.5. The van der Waals surface area contributed by atoms with Crippen LogP contribution in [0.15, 0.2) is 24.3 Å². The van der Waals surface area contributed by atoms with Gasteiger partial charge in [-0.2, -0.15) is 0 Å². The number of ether oxygens (including phenoxy) is 1. The third kappa shape index (κ3) is 5.56. The van der Waals surface area contributed by atoms with Crippen molar-refractivity contribution in [1.82, 2.24) is 4.90 Å². The second-order valence-corrected chi connectivity index (χ2v) is 6.02. The van der Waals surface area contributed by atoms with Crippen LogP contribution in [0.2, 0.25) is 0 Å². The van der Waals surface area contributed by atoms with Crippen LogP contribution in [0, 0.1) is 5.92 Å².